The van der Waals surface area contributed by atoms with Crippen molar-refractivity contribution in [1.82, 2.24) is 14.2 Å². The number of carbonyl (C=O) groups is 2. The van der Waals surface area contributed by atoms with E-state index < -0.39 is 27.3 Å². The van der Waals surface area contributed by atoms with Crippen LogP contribution in [0, 0.1) is 11.3 Å². The summed E-state index contributed by atoms with van der Waals surface area (Å²) in [5.74, 6) is -1.45. The van der Waals surface area contributed by atoms with Crippen molar-refractivity contribution in [1.29, 1.82) is 0 Å². The fraction of sp³-hybridized carbons (Fsp3) is 0.562. The van der Waals surface area contributed by atoms with E-state index in [0.717, 1.165) is 4.31 Å². The minimum Gasteiger partial charge on any atom is -0.481 e. The van der Waals surface area contributed by atoms with E-state index in [-0.39, 0.29) is 23.9 Å². The summed E-state index contributed by atoms with van der Waals surface area (Å²) in [5.41, 5.74) is -0.976. The number of carboxylic acids is 1. The Morgan fingerprint density at radius 3 is 2.60 bits per heavy atom. The highest BCUT2D eigenvalue weighted by Gasteiger charge is 2.48. The highest BCUT2D eigenvalue weighted by atomic mass is 32.2. The highest BCUT2D eigenvalue weighted by molar-refractivity contribution is 7.89. The Kier molecular flexibility index (Phi) is 5.48. The third kappa shape index (κ3) is 3.67. The second kappa shape index (κ2) is 7.09. The fourth-order valence-corrected chi connectivity index (χ4v) is 4.08. The Balaban J connectivity index is 2.09. The van der Waals surface area contributed by atoms with Crippen molar-refractivity contribution in [2.45, 2.75) is 25.2 Å². The molecule has 0 aromatic carbocycles. The fourth-order valence-electron chi connectivity index (χ4n) is 2.99. The number of carbonyl (C=O) groups excluding carboxylic acids is 1. The molecule has 1 aliphatic rings. The SMILES string of the molecule is CC(C)C1(C(=O)O)CCN(C(=O)CN(C)S(=O)(=O)c2cccnc2)C1. The molecule has 1 N–H and O–H groups in total. The summed E-state index contributed by atoms with van der Waals surface area (Å²) in [6, 6.07) is 2.92. The molecule has 1 amide bonds. The molecule has 0 aliphatic carbocycles. The molecule has 1 aliphatic heterocycles. The highest BCUT2D eigenvalue weighted by Crippen LogP contribution is 2.38. The summed E-state index contributed by atoms with van der Waals surface area (Å²) in [6.07, 6.45) is 3.05. The number of hydrogen-bond acceptors (Lipinski definition) is 5. The Morgan fingerprint density at radius 2 is 2.12 bits per heavy atom. The Labute approximate surface area is 147 Å². The third-order valence-electron chi connectivity index (χ3n) is 4.89. The van der Waals surface area contributed by atoms with Gasteiger partial charge in [-0.3, -0.25) is 14.6 Å². The van der Waals surface area contributed by atoms with Crippen molar-refractivity contribution in [3.63, 3.8) is 0 Å². The van der Waals surface area contributed by atoms with E-state index in [0.29, 0.717) is 13.0 Å². The maximum atomic E-state index is 12.5. The number of hydrogen-bond donors (Lipinski definition) is 1. The smallest absolute Gasteiger partial charge is 0.311 e. The molecule has 8 nitrogen and oxygen atoms in total. The molecular formula is C16H23N3O5S. The third-order valence-corrected chi connectivity index (χ3v) is 6.67. The zero-order valence-corrected chi connectivity index (χ0v) is 15.4. The van der Waals surface area contributed by atoms with Crippen molar-refractivity contribution >= 4 is 21.9 Å². The minimum absolute atomic E-state index is 0.00813. The maximum absolute atomic E-state index is 12.5. The lowest BCUT2D eigenvalue weighted by Gasteiger charge is -2.29. The number of nitrogens with zero attached hydrogens (tertiary/aromatic N) is 3. The van der Waals surface area contributed by atoms with E-state index in [1.165, 1.54) is 36.5 Å². The minimum atomic E-state index is -3.82. The predicted molar refractivity (Wildman–Crippen MR) is 90.2 cm³/mol. The van der Waals surface area contributed by atoms with E-state index in [9.17, 15) is 23.1 Å². The van der Waals surface area contributed by atoms with Gasteiger partial charge in [0, 0.05) is 32.5 Å². The lowest BCUT2D eigenvalue weighted by atomic mass is 9.76. The van der Waals surface area contributed by atoms with Crippen molar-refractivity contribution in [2.75, 3.05) is 26.7 Å². The molecule has 1 unspecified atom stereocenters. The molecule has 1 atom stereocenters. The summed E-state index contributed by atoms with van der Waals surface area (Å²) in [6.45, 7) is 3.71. The Morgan fingerprint density at radius 1 is 1.44 bits per heavy atom. The van der Waals surface area contributed by atoms with Crippen molar-refractivity contribution < 1.29 is 23.1 Å². The molecule has 25 heavy (non-hydrogen) atoms. The van der Waals surface area contributed by atoms with Gasteiger partial charge in [-0.25, -0.2) is 8.42 Å². The normalized spacial score (nSPS) is 21.1. The van der Waals surface area contributed by atoms with Gasteiger partial charge < -0.3 is 10.0 Å². The van der Waals surface area contributed by atoms with E-state index in [1.807, 2.05) is 13.8 Å². The van der Waals surface area contributed by atoms with Crippen LogP contribution in [0.3, 0.4) is 0 Å². The average Bonchev–Trinajstić information content (AvgIpc) is 3.02. The summed E-state index contributed by atoms with van der Waals surface area (Å²) in [4.78, 5) is 29.3. The molecule has 0 saturated carbocycles. The number of likely N-dealkylation sites (N-methyl/N-ethyl adjacent to an activating group) is 1. The standard InChI is InChI=1S/C16H23N3O5S/c1-12(2)16(15(21)22)6-8-19(11-16)14(20)10-18(3)25(23,24)13-5-4-7-17-9-13/h4-5,7,9,12H,6,8,10-11H2,1-3H3,(H,21,22). The number of pyridine rings is 1. The second-order valence-electron chi connectivity index (χ2n) is 6.63. The Hall–Kier alpha value is -2.00. The molecule has 1 saturated heterocycles. The molecule has 138 valence electrons. The van der Waals surface area contributed by atoms with Crippen LogP contribution in [-0.4, -0.2) is 66.3 Å². The van der Waals surface area contributed by atoms with Crippen LogP contribution >= 0.6 is 0 Å². The van der Waals surface area contributed by atoms with Crippen LogP contribution < -0.4 is 0 Å². The first-order chi connectivity index (χ1) is 11.6. The summed E-state index contributed by atoms with van der Waals surface area (Å²) >= 11 is 0. The molecule has 2 heterocycles. The number of sulfonamides is 1. The molecule has 0 spiro atoms. The monoisotopic (exact) mass is 369 g/mol. The summed E-state index contributed by atoms with van der Waals surface area (Å²) < 4.78 is 25.9. The van der Waals surface area contributed by atoms with Gasteiger partial charge in [-0.2, -0.15) is 4.31 Å². The van der Waals surface area contributed by atoms with Crippen molar-refractivity contribution in [2.24, 2.45) is 11.3 Å². The van der Waals surface area contributed by atoms with Gasteiger partial charge in [-0.05, 0) is 24.5 Å². The zero-order valence-electron chi connectivity index (χ0n) is 14.5. The van der Waals surface area contributed by atoms with Gasteiger partial charge in [0.2, 0.25) is 15.9 Å². The number of amides is 1. The van der Waals surface area contributed by atoms with Crippen LogP contribution in [0.25, 0.3) is 0 Å². The predicted octanol–water partition coefficient (Wildman–Crippen LogP) is 0.661. The first-order valence-corrected chi connectivity index (χ1v) is 9.43. The average molecular weight is 369 g/mol. The lowest BCUT2D eigenvalue weighted by molar-refractivity contribution is -0.151. The molecule has 2 rings (SSSR count). The van der Waals surface area contributed by atoms with E-state index in [2.05, 4.69) is 4.98 Å². The molecular weight excluding hydrogens is 346 g/mol. The number of likely N-dealkylation sites (tertiary alicyclic amines) is 1. The quantitative estimate of drug-likeness (QED) is 0.789. The summed E-state index contributed by atoms with van der Waals surface area (Å²) in [5, 5.41) is 9.54. The van der Waals surface area contributed by atoms with Gasteiger partial charge in [0.25, 0.3) is 0 Å². The van der Waals surface area contributed by atoms with Gasteiger partial charge in [0.1, 0.15) is 4.90 Å². The first kappa shape index (κ1) is 19.3. The number of rotatable bonds is 6. The van der Waals surface area contributed by atoms with Crippen LogP contribution in [0.1, 0.15) is 20.3 Å². The first-order valence-electron chi connectivity index (χ1n) is 7.99. The molecule has 0 radical (unpaired) electrons. The number of aliphatic carboxylic acids is 1. The topological polar surface area (TPSA) is 108 Å². The van der Waals surface area contributed by atoms with Gasteiger partial charge in [-0.15, -0.1) is 0 Å². The molecule has 1 fully saturated rings. The Bertz CT molecular complexity index is 750. The second-order valence-corrected chi connectivity index (χ2v) is 8.68. The van der Waals surface area contributed by atoms with Crippen molar-refractivity contribution in [3.05, 3.63) is 24.5 Å². The molecule has 1 aromatic rings. The van der Waals surface area contributed by atoms with Crippen LogP contribution in [0.4, 0.5) is 0 Å². The van der Waals surface area contributed by atoms with Crippen molar-refractivity contribution in [3.8, 4) is 0 Å². The van der Waals surface area contributed by atoms with Crippen LogP contribution in [0.5, 0.6) is 0 Å². The van der Waals surface area contributed by atoms with E-state index in [4.69, 9.17) is 0 Å². The van der Waals surface area contributed by atoms with E-state index in [1.54, 1.807) is 0 Å². The van der Waals surface area contributed by atoms with Crippen LogP contribution in [0.2, 0.25) is 0 Å². The van der Waals surface area contributed by atoms with Crippen LogP contribution in [0.15, 0.2) is 29.4 Å². The molecule has 0 bridgehead atoms. The maximum Gasteiger partial charge on any atom is 0.311 e. The lowest BCUT2D eigenvalue weighted by Crippen LogP contribution is -2.44. The number of aromatic nitrogens is 1. The van der Waals surface area contributed by atoms with Gasteiger partial charge in [0.15, 0.2) is 0 Å². The van der Waals surface area contributed by atoms with E-state index >= 15 is 0 Å². The summed E-state index contributed by atoms with van der Waals surface area (Å²) in [7, 11) is -2.50. The van der Waals surface area contributed by atoms with Gasteiger partial charge >= 0.3 is 5.97 Å². The number of carboxylic acid groups (broad SMARTS) is 1. The zero-order chi connectivity index (χ0) is 18.8. The largest absolute Gasteiger partial charge is 0.481 e. The van der Waals surface area contributed by atoms with Crippen LogP contribution in [-0.2, 0) is 19.6 Å². The van der Waals surface area contributed by atoms with Gasteiger partial charge in [-0.1, -0.05) is 13.8 Å². The molecule has 9 heteroatoms. The van der Waals surface area contributed by atoms with Gasteiger partial charge in [0.05, 0.1) is 12.0 Å². The molecule has 1 aromatic heterocycles.